The average molecular weight is 330 g/mol. The van der Waals surface area contributed by atoms with E-state index < -0.39 is 24.9 Å². The van der Waals surface area contributed by atoms with Gasteiger partial charge in [0.15, 0.2) is 0 Å². The molecule has 4 N–H and O–H groups in total. The molecule has 24 heavy (non-hydrogen) atoms. The summed E-state index contributed by atoms with van der Waals surface area (Å²) in [5.41, 5.74) is -0.201. The summed E-state index contributed by atoms with van der Waals surface area (Å²) in [6.07, 6.45) is -0.392. The lowest BCUT2D eigenvalue weighted by molar-refractivity contribution is -0.106. The molecule has 0 fully saturated rings. The standard InChI is InChI=1S/C18H22N2O4/c21-13-18(24,14-22)17(23)11-19-20(16-9-5-2-6-10-16)12-15-7-3-1-4-8-15/h1-11,17,21-24H,12-14H2/b19-11+/t17-/m0/s1. The fraction of sp³-hybridized carbons (Fsp3) is 0.278. The second-order valence-electron chi connectivity index (χ2n) is 5.51. The Hall–Kier alpha value is -2.25. The van der Waals surface area contributed by atoms with Crippen molar-refractivity contribution >= 4 is 11.9 Å². The van der Waals surface area contributed by atoms with E-state index in [-0.39, 0.29) is 0 Å². The number of nitrogens with zero attached hydrogens (tertiary/aromatic N) is 2. The van der Waals surface area contributed by atoms with Crippen LogP contribution < -0.4 is 5.01 Å². The number of hydrazone groups is 1. The molecule has 0 spiro atoms. The molecule has 6 heteroatoms. The highest BCUT2D eigenvalue weighted by atomic mass is 16.4. The van der Waals surface area contributed by atoms with Crippen LogP contribution in [0.25, 0.3) is 0 Å². The zero-order chi connectivity index (χ0) is 17.4. The summed E-state index contributed by atoms with van der Waals surface area (Å²) in [7, 11) is 0. The molecule has 6 nitrogen and oxygen atoms in total. The van der Waals surface area contributed by atoms with Gasteiger partial charge in [0, 0.05) is 0 Å². The van der Waals surface area contributed by atoms with Crippen molar-refractivity contribution in [2.75, 3.05) is 18.2 Å². The average Bonchev–Trinajstić information content (AvgIpc) is 2.65. The Morgan fingerprint density at radius 1 is 0.958 bits per heavy atom. The van der Waals surface area contributed by atoms with Gasteiger partial charge in [-0.3, -0.25) is 5.01 Å². The van der Waals surface area contributed by atoms with Gasteiger partial charge in [0.25, 0.3) is 0 Å². The highest BCUT2D eigenvalue weighted by molar-refractivity contribution is 5.66. The minimum atomic E-state index is -2.03. The van der Waals surface area contributed by atoms with Gasteiger partial charge in [-0.1, -0.05) is 48.5 Å². The maximum Gasteiger partial charge on any atom is 0.141 e. The number of rotatable bonds is 8. The van der Waals surface area contributed by atoms with E-state index in [0.717, 1.165) is 17.5 Å². The molecule has 1 atom stereocenters. The molecule has 2 rings (SSSR count). The molecule has 0 bridgehead atoms. The Labute approximate surface area is 140 Å². The van der Waals surface area contributed by atoms with E-state index in [4.69, 9.17) is 10.2 Å². The Balaban J connectivity index is 2.22. The number of para-hydroxylation sites is 1. The predicted octanol–water partition coefficient (Wildman–Crippen LogP) is 0.756. The lowest BCUT2D eigenvalue weighted by Crippen LogP contribution is -2.50. The summed E-state index contributed by atoms with van der Waals surface area (Å²) in [5, 5.41) is 44.0. The van der Waals surface area contributed by atoms with Gasteiger partial charge in [-0.15, -0.1) is 0 Å². The molecule has 0 saturated carbocycles. The normalized spacial score (nSPS) is 13.2. The Bertz CT molecular complexity index is 630. The van der Waals surface area contributed by atoms with Crippen LogP contribution in [0.15, 0.2) is 65.8 Å². The summed E-state index contributed by atoms with van der Waals surface area (Å²) < 4.78 is 0. The molecule has 0 saturated heterocycles. The maximum atomic E-state index is 9.98. The molecule has 0 aromatic heterocycles. The molecular weight excluding hydrogens is 308 g/mol. The Morgan fingerprint density at radius 3 is 2.04 bits per heavy atom. The molecule has 128 valence electrons. The SMILES string of the molecule is OCC(O)(CO)[C@@H](O)/C=N/N(Cc1ccccc1)c1ccccc1. The number of hydrogen-bond donors (Lipinski definition) is 4. The second kappa shape index (κ2) is 8.56. The first kappa shape index (κ1) is 18.1. The third kappa shape index (κ3) is 4.62. The minimum Gasteiger partial charge on any atom is -0.393 e. The smallest absolute Gasteiger partial charge is 0.141 e. The number of aliphatic hydroxyl groups excluding tert-OH is 3. The van der Waals surface area contributed by atoms with E-state index >= 15 is 0 Å². The van der Waals surface area contributed by atoms with Gasteiger partial charge in [0.2, 0.25) is 0 Å². The predicted molar refractivity (Wildman–Crippen MR) is 92.7 cm³/mol. The van der Waals surface area contributed by atoms with Crippen LogP contribution >= 0.6 is 0 Å². The van der Waals surface area contributed by atoms with Gasteiger partial charge in [0.05, 0.1) is 31.7 Å². The summed E-state index contributed by atoms with van der Waals surface area (Å²) in [6.45, 7) is -1.09. The van der Waals surface area contributed by atoms with Gasteiger partial charge < -0.3 is 20.4 Å². The van der Waals surface area contributed by atoms with Crippen molar-refractivity contribution < 1.29 is 20.4 Å². The van der Waals surface area contributed by atoms with Crippen LogP contribution in [0.3, 0.4) is 0 Å². The zero-order valence-corrected chi connectivity index (χ0v) is 13.2. The van der Waals surface area contributed by atoms with Crippen molar-refractivity contribution in [2.45, 2.75) is 18.2 Å². The molecular formula is C18H22N2O4. The fourth-order valence-electron chi connectivity index (χ4n) is 2.07. The topological polar surface area (TPSA) is 96.5 Å². The van der Waals surface area contributed by atoms with E-state index in [1.165, 1.54) is 0 Å². The van der Waals surface area contributed by atoms with Gasteiger partial charge >= 0.3 is 0 Å². The van der Waals surface area contributed by atoms with Crippen LogP contribution in [0.1, 0.15) is 5.56 Å². The maximum absolute atomic E-state index is 9.98. The fourth-order valence-corrected chi connectivity index (χ4v) is 2.07. The minimum absolute atomic E-state index is 0.463. The third-order valence-corrected chi connectivity index (χ3v) is 3.67. The van der Waals surface area contributed by atoms with Crippen molar-refractivity contribution in [1.82, 2.24) is 0 Å². The van der Waals surface area contributed by atoms with Crippen LogP contribution in [0.5, 0.6) is 0 Å². The first-order valence-electron chi connectivity index (χ1n) is 7.62. The summed E-state index contributed by atoms with van der Waals surface area (Å²) in [4.78, 5) is 0. The van der Waals surface area contributed by atoms with E-state index in [1.807, 2.05) is 60.7 Å². The monoisotopic (exact) mass is 330 g/mol. The van der Waals surface area contributed by atoms with E-state index in [0.29, 0.717) is 6.54 Å². The quantitative estimate of drug-likeness (QED) is 0.423. The van der Waals surface area contributed by atoms with Crippen LogP contribution in [0.4, 0.5) is 5.69 Å². The molecule has 0 unspecified atom stereocenters. The number of anilines is 1. The van der Waals surface area contributed by atoms with E-state index in [2.05, 4.69) is 5.10 Å². The van der Waals surface area contributed by atoms with Gasteiger partial charge in [-0.25, -0.2) is 0 Å². The van der Waals surface area contributed by atoms with Crippen molar-refractivity contribution in [3.63, 3.8) is 0 Å². The lowest BCUT2D eigenvalue weighted by atomic mass is 10.00. The highest BCUT2D eigenvalue weighted by Crippen LogP contribution is 2.17. The van der Waals surface area contributed by atoms with Crippen LogP contribution in [-0.2, 0) is 6.54 Å². The molecule has 0 aliphatic heterocycles. The van der Waals surface area contributed by atoms with Gasteiger partial charge in [0.1, 0.15) is 11.7 Å². The number of hydrogen-bond acceptors (Lipinski definition) is 6. The lowest BCUT2D eigenvalue weighted by Gasteiger charge is -2.27. The molecule has 0 radical (unpaired) electrons. The molecule has 0 amide bonds. The molecule has 0 aliphatic rings. The number of benzene rings is 2. The second-order valence-corrected chi connectivity index (χ2v) is 5.51. The molecule has 0 heterocycles. The summed E-state index contributed by atoms with van der Waals surface area (Å²) in [6, 6.07) is 19.1. The first-order valence-corrected chi connectivity index (χ1v) is 7.62. The van der Waals surface area contributed by atoms with E-state index in [1.54, 1.807) is 5.01 Å². The first-order chi connectivity index (χ1) is 11.6. The molecule has 0 aliphatic carbocycles. The van der Waals surface area contributed by atoms with Crippen molar-refractivity contribution in [3.05, 3.63) is 66.2 Å². The molecule has 2 aromatic rings. The van der Waals surface area contributed by atoms with Gasteiger partial charge in [-0.05, 0) is 17.7 Å². The highest BCUT2D eigenvalue weighted by Gasteiger charge is 2.33. The largest absolute Gasteiger partial charge is 0.393 e. The van der Waals surface area contributed by atoms with Crippen molar-refractivity contribution in [3.8, 4) is 0 Å². The van der Waals surface area contributed by atoms with Crippen LogP contribution in [0, 0.1) is 0 Å². The Morgan fingerprint density at radius 2 is 1.50 bits per heavy atom. The van der Waals surface area contributed by atoms with Crippen LogP contribution in [0.2, 0.25) is 0 Å². The third-order valence-electron chi connectivity index (χ3n) is 3.67. The Kier molecular flexibility index (Phi) is 6.45. The summed E-state index contributed by atoms with van der Waals surface area (Å²) in [5.74, 6) is 0. The number of aliphatic hydroxyl groups is 4. The van der Waals surface area contributed by atoms with Crippen molar-refractivity contribution in [2.24, 2.45) is 5.10 Å². The summed E-state index contributed by atoms with van der Waals surface area (Å²) >= 11 is 0. The van der Waals surface area contributed by atoms with Crippen molar-refractivity contribution in [1.29, 1.82) is 0 Å². The van der Waals surface area contributed by atoms with Crippen LogP contribution in [-0.4, -0.2) is 51.6 Å². The molecule has 2 aromatic carbocycles. The zero-order valence-electron chi connectivity index (χ0n) is 13.2. The van der Waals surface area contributed by atoms with E-state index in [9.17, 15) is 10.2 Å². The van der Waals surface area contributed by atoms with Gasteiger partial charge in [-0.2, -0.15) is 5.10 Å².